The van der Waals surface area contributed by atoms with Crippen molar-refractivity contribution in [2.24, 2.45) is 0 Å². The zero-order valence-corrected chi connectivity index (χ0v) is 33.1. The molecule has 0 spiro atoms. The molecule has 4 N–H and O–H groups in total. The number of rotatable bonds is 11. The maximum atomic E-state index is 13.7. The molecule has 2 heterocycles. The van der Waals surface area contributed by atoms with Crippen LogP contribution < -0.4 is 26.0 Å². The molecule has 296 valence electrons. The van der Waals surface area contributed by atoms with E-state index in [1.165, 1.54) is 21.1 Å². The molecule has 0 bridgehead atoms. The summed E-state index contributed by atoms with van der Waals surface area (Å²) in [7, 11) is -0.251. The molecule has 0 aliphatic carbocycles. The highest BCUT2D eigenvalue weighted by molar-refractivity contribution is 6.83. The average Bonchev–Trinajstić information content (AvgIpc) is 3.46. The van der Waals surface area contributed by atoms with Crippen molar-refractivity contribution in [1.82, 2.24) is 14.9 Å². The van der Waals surface area contributed by atoms with E-state index in [0.717, 1.165) is 10.8 Å². The van der Waals surface area contributed by atoms with Crippen molar-refractivity contribution in [3.8, 4) is 11.5 Å². The number of benzene rings is 3. The number of aromatic amines is 1. The minimum absolute atomic E-state index is 0.0136. The van der Waals surface area contributed by atoms with Crippen molar-refractivity contribution in [1.29, 1.82) is 0 Å². The number of nitrogens with zero attached hydrogens (tertiary/aromatic N) is 1. The van der Waals surface area contributed by atoms with Crippen LogP contribution in [0.25, 0.3) is 0 Å². The third-order valence-corrected chi connectivity index (χ3v) is 18.1. The summed E-state index contributed by atoms with van der Waals surface area (Å²) in [6, 6.07) is 23.0. The van der Waals surface area contributed by atoms with E-state index in [9.17, 15) is 37.8 Å². The number of nitrogens with one attached hydrogen (secondary N) is 2. The van der Waals surface area contributed by atoms with Crippen molar-refractivity contribution in [2.45, 2.75) is 87.0 Å². The fourth-order valence-corrected chi connectivity index (χ4v) is 10.6. The lowest BCUT2D eigenvalue weighted by atomic mass is 9.64. The van der Waals surface area contributed by atoms with E-state index in [1.807, 2.05) is 51.3 Å². The Balaban J connectivity index is 1.89. The molecule has 1 fully saturated rings. The van der Waals surface area contributed by atoms with Gasteiger partial charge in [-0.1, -0.05) is 88.5 Å². The number of hydrogen-bond acceptors (Lipinski definition) is 8. The zero-order chi connectivity index (χ0) is 40.8. The van der Waals surface area contributed by atoms with Gasteiger partial charge in [0.1, 0.15) is 23.7 Å². The van der Waals surface area contributed by atoms with Crippen molar-refractivity contribution >= 4 is 14.0 Å². The summed E-state index contributed by atoms with van der Waals surface area (Å²) in [5.74, 6) is -1.26. The molecule has 4 atom stereocenters. The molecule has 5 rings (SSSR count). The number of carbonyl (C=O) groups is 1. The fraction of sp³-hybridized carbons (Fsp3) is 0.425. The van der Waals surface area contributed by atoms with E-state index in [0.29, 0.717) is 28.2 Å². The lowest BCUT2D eigenvalue weighted by molar-refractivity contribution is -0.179. The number of hydrogen-bond donors (Lipinski definition) is 4. The van der Waals surface area contributed by atoms with Gasteiger partial charge >= 0.3 is 17.8 Å². The molecule has 0 radical (unpaired) electrons. The van der Waals surface area contributed by atoms with Crippen LogP contribution in [0.3, 0.4) is 0 Å². The Morgan fingerprint density at radius 3 is 1.89 bits per heavy atom. The molecule has 3 aromatic carbocycles. The average molecular weight is 784 g/mol. The summed E-state index contributed by atoms with van der Waals surface area (Å²) in [6.07, 6.45) is -8.10. The molecular weight excluding hydrogens is 736 g/mol. The number of aliphatic hydroxyl groups excluding tert-OH is 1. The smallest absolute Gasteiger partial charge is 0.471 e. The largest absolute Gasteiger partial charge is 0.497 e. The Morgan fingerprint density at radius 1 is 0.945 bits per heavy atom. The molecule has 1 aliphatic heterocycles. The molecule has 15 heteroatoms. The van der Waals surface area contributed by atoms with Gasteiger partial charge in [0.25, 0.3) is 5.56 Å². The van der Waals surface area contributed by atoms with Gasteiger partial charge in [-0.05, 0) is 52.9 Å². The number of aromatic nitrogens is 2. The monoisotopic (exact) mass is 783 g/mol. The number of carbonyl (C=O) groups excluding carboxylic acids is 1. The van der Waals surface area contributed by atoms with E-state index in [2.05, 4.69) is 4.98 Å². The number of alkyl halides is 3. The van der Waals surface area contributed by atoms with Gasteiger partial charge in [0, 0.05) is 18.2 Å². The highest BCUT2D eigenvalue weighted by Gasteiger charge is 2.70. The lowest BCUT2D eigenvalue weighted by Crippen LogP contribution is -2.68. The molecule has 1 amide bonds. The molecule has 1 saturated heterocycles. The van der Waals surface area contributed by atoms with E-state index in [1.54, 1.807) is 66.7 Å². The van der Waals surface area contributed by atoms with Gasteiger partial charge in [-0.2, -0.15) is 13.2 Å². The van der Waals surface area contributed by atoms with Gasteiger partial charge < -0.3 is 29.7 Å². The highest BCUT2D eigenvalue weighted by atomic mass is 28.3. The second-order valence-electron chi connectivity index (χ2n) is 15.7. The van der Waals surface area contributed by atoms with Crippen LogP contribution in [-0.4, -0.2) is 78.1 Å². The number of ether oxygens (including phenoxy) is 3. The maximum absolute atomic E-state index is 13.7. The first kappa shape index (κ1) is 41.5. The van der Waals surface area contributed by atoms with Gasteiger partial charge in [0.05, 0.1) is 39.5 Å². The second-order valence-corrected chi connectivity index (χ2v) is 21.3. The van der Waals surface area contributed by atoms with E-state index in [4.69, 9.17) is 14.2 Å². The van der Waals surface area contributed by atoms with Gasteiger partial charge in [-0.3, -0.25) is 19.1 Å². The lowest BCUT2D eigenvalue weighted by Gasteiger charge is -2.52. The van der Waals surface area contributed by atoms with Crippen LogP contribution in [-0.2, 0) is 20.7 Å². The number of aliphatic hydroxyl groups is 2. The van der Waals surface area contributed by atoms with E-state index in [-0.39, 0.29) is 5.56 Å². The van der Waals surface area contributed by atoms with Crippen molar-refractivity contribution in [3.05, 3.63) is 128 Å². The van der Waals surface area contributed by atoms with Crippen molar-refractivity contribution < 1.29 is 42.4 Å². The first-order valence-corrected chi connectivity index (χ1v) is 20.7. The number of amides is 1. The summed E-state index contributed by atoms with van der Waals surface area (Å²) in [5.41, 5.74) is -3.95. The summed E-state index contributed by atoms with van der Waals surface area (Å²) >= 11 is 0. The Kier molecular flexibility index (Phi) is 11.1. The Labute approximate surface area is 318 Å². The Bertz CT molecular complexity index is 2070. The number of halogens is 3. The SMILES string of the molecule is COc1ccc(C(c2ccccc2)(c2ccc(OC)cc2)C(O)[C@H]2O[C@@](CNC(=O)C(F)(F)F)(n3cc(C)c(=O)[nH]c3=O)C[C@@]2(O)[Si](C)(C)C(C)(C)C)cc1. The summed E-state index contributed by atoms with van der Waals surface area (Å²) in [6.45, 7) is 9.95. The van der Waals surface area contributed by atoms with Crippen molar-refractivity contribution in [3.63, 3.8) is 0 Å². The van der Waals surface area contributed by atoms with Gasteiger partial charge in [0.15, 0.2) is 5.72 Å². The first-order valence-electron chi connectivity index (χ1n) is 17.7. The van der Waals surface area contributed by atoms with Crippen molar-refractivity contribution in [2.75, 3.05) is 20.8 Å². The first-order chi connectivity index (χ1) is 25.6. The molecule has 4 aromatic rings. The van der Waals surface area contributed by atoms with Crippen LogP contribution in [0.1, 0.15) is 49.4 Å². The van der Waals surface area contributed by atoms with Gasteiger partial charge in [-0.25, -0.2) is 4.79 Å². The standard InChI is InChI=1S/C40H48F3N3O8Si/c1-25-22-46(35(50)45-33(25)48)37(24-44-34(49)40(41,42)43)23-38(51,55(7,8)36(2,3)4)32(54-37)31(47)39(26-12-10-9-11-13-26,27-14-18-29(52-5)19-15-27)28-16-20-30(53-6)21-17-28/h9-22,31-32,47,51H,23-24H2,1-8H3,(H,44,49)(H,45,48,50)/t31?,32-,37+,38-/m1/s1. The number of methoxy groups -OCH3 is 2. The summed E-state index contributed by atoms with van der Waals surface area (Å²) < 4.78 is 59.8. The third-order valence-electron chi connectivity index (χ3n) is 11.7. The van der Waals surface area contributed by atoms with Crippen LogP contribution in [0.4, 0.5) is 13.2 Å². The van der Waals surface area contributed by atoms with E-state index < -0.39 is 78.0 Å². The molecule has 55 heavy (non-hydrogen) atoms. The highest BCUT2D eigenvalue weighted by Crippen LogP contribution is 2.57. The quantitative estimate of drug-likeness (QED) is 0.120. The van der Waals surface area contributed by atoms with Crippen LogP contribution in [0.5, 0.6) is 11.5 Å². The van der Waals surface area contributed by atoms with Crippen LogP contribution in [0, 0.1) is 6.92 Å². The normalized spacial score (nSPS) is 21.2. The Hall–Kier alpha value is -4.70. The zero-order valence-electron chi connectivity index (χ0n) is 32.1. The van der Waals surface area contributed by atoms with E-state index >= 15 is 0 Å². The van der Waals surface area contributed by atoms with Crippen LogP contribution in [0.2, 0.25) is 18.1 Å². The summed E-state index contributed by atoms with van der Waals surface area (Å²) in [5, 5.41) is 26.1. The van der Waals surface area contributed by atoms with Crippen LogP contribution >= 0.6 is 0 Å². The minimum Gasteiger partial charge on any atom is -0.497 e. The predicted molar refractivity (Wildman–Crippen MR) is 203 cm³/mol. The fourth-order valence-electron chi connectivity index (χ4n) is 7.62. The topological polar surface area (TPSA) is 152 Å². The molecule has 1 aliphatic rings. The second kappa shape index (κ2) is 14.7. The van der Waals surface area contributed by atoms with Gasteiger partial charge in [-0.15, -0.1) is 0 Å². The molecule has 11 nitrogen and oxygen atoms in total. The predicted octanol–water partition coefficient (Wildman–Crippen LogP) is 5.16. The molecule has 0 saturated carbocycles. The number of H-pyrrole nitrogens is 1. The third kappa shape index (κ3) is 7.14. The molecular formula is C40H48F3N3O8Si. The minimum atomic E-state index is -5.30. The van der Waals surface area contributed by atoms with Crippen LogP contribution in [0.15, 0.2) is 94.6 Å². The Morgan fingerprint density at radius 2 is 1.44 bits per heavy atom. The van der Waals surface area contributed by atoms with Gasteiger partial charge in [0.2, 0.25) is 0 Å². The maximum Gasteiger partial charge on any atom is 0.471 e. The number of aryl methyl sites for hydroxylation is 1. The molecule has 1 aromatic heterocycles. The summed E-state index contributed by atoms with van der Waals surface area (Å²) in [4.78, 5) is 40.8. The molecule has 1 unspecified atom stereocenters.